The van der Waals surface area contributed by atoms with Gasteiger partial charge in [-0.2, -0.15) is 0 Å². The molecule has 0 amide bonds. The summed E-state index contributed by atoms with van der Waals surface area (Å²) in [5.74, 6) is 2.85. The maximum atomic E-state index is 6.97. The summed E-state index contributed by atoms with van der Waals surface area (Å²) in [6, 6.07) is 67.3. The molecule has 7 aromatic carbocycles. The van der Waals surface area contributed by atoms with E-state index in [1.807, 2.05) is 72.9 Å². The molecule has 0 saturated heterocycles. The van der Waals surface area contributed by atoms with Crippen molar-refractivity contribution in [2.45, 2.75) is 19.3 Å². The molecular formula is C57H39N5O. The molecule has 0 bridgehead atoms. The van der Waals surface area contributed by atoms with Crippen LogP contribution in [0.4, 0.5) is 0 Å². The second-order valence-corrected chi connectivity index (χ2v) is 16.2. The van der Waals surface area contributed by atoms with Crippen molar-refractivity contribution >= 4 is 21.9 Å². The van der Waals surface area contributed by atoms with Crippen molar-refractivity contribution in [3.63, 3.8) is 0 Å². The van der Waals surface area contributed by atoms with Crippen LogP contribution >= 0.6 is 0 Å². The lowest BCUT2D eigenvalue weighted by Crippen LogP contribution is -2.09. The van der Waals surface area contributed by atoms with E-state index >= 15 is 0 Å². The molecule has 6 nitrogen and oxygen atoms in total. The van der Waals surface area contributed by atoms with Crippen LogP contribution in [0, 0.1) is 0 Å². The van der Waals surface area contributed by atoms with Gasteiger partial charge in [0.2, 0.25) is 0 Å². The summed E-state index contributed by atoms with van der Waals surface area (Å²) in [6.45, 7) is 2.28. The lowest BCUT2D eigenvalue weighted by Gasteiger charge is -2.21. The Bertz CT molecular complexity index is 3430. The molecule has 0 saturated carbocycles. The second-order valence-electron chi connectivity index (χ2n) is 16.2. The summed E-state index contributed by atoms with van der Waals surface area (Å²) in [5, 5.41) is 2.28. The molecule has 0 fully saturated rings. The van der Waals surface area contributed by atoms with Gasteiger partial charge in [-0.3, -0.25) is 4.98 Å². The van der Waals surface area contributed by atoms with Crippen LogP contribution in [0.15, 0.2) is 205 Å². The predicted octanol–water partition coefficient (Wildman–Crippen LogP) is 14.3. The molecule has 4 aromatic heterocycles. The smallest absolute Gasteiger partial charge is 0.166 e. The Labute approximate surface area is 364 Å². The summed E-state index contributed by atoms with van der Waals surface area (Å²) in [6.07, 6.45) is 2.86. The van der Waals surface area contributed by atoms with Crippen molar-refractivity contribution in [2.24, 2.45) is 0 Å². The third kappa shape index (κ3) is 6.26. The number of nitrogens with zero attached hydrogens (tertiary/aromatic N) is 5. The van der Waals surface area contributed by atoms with Crippen molar-refractivity contribution < 1.29 is 4.42 Å². The van der Waals surface area contributed by atoms with E-state index in [1.54, 1.807) is 0 Å². The summed E-state index contributed by atoms with van der Waals surface area (Å²) in [7, 11) is 0. The maximum absolute atomic E-state index is 6.97. The number of hydrogen-bond donors (Lipinski definition) is 0. The van der Waals surface area contributed by atoms with Gasteiger partial charge in [0.25, 0.3) is 0 Å². The quantitative estimate of drug-likeness (QED) is 0.160. The number of hydrogen-bond acceptors (Lipinski definition) is 5. The average molecular weight is 810 g/mol. The highest BCUT2D eigenvalue weighted by molar-refractivity contribution is 6.10. The van der Waals surface area contributed by atoms with Crippen LogP contribution in [0.5, 0.6) is 0 Å². The highest BCUT2D eigenvalue weighted by Crippen LogP contribution is 2.52. The Morgan fingerprint density at radius 3 is 1.78 bits per heavy atom. The van der Waals surface area contributed by atoms with Gasteiger partial charge in [0, 0.05) is 62.0 Å². The predicted molar refractivity (Wildman–Crippen MR) is 254 cm³/mol. The Hall–Kier alpha value is -8.22. The summed E-state index contributed by atoms with van der Waals surface area (Å²) < 4.78 is 9.39. The normalized spacial score (nSPS) is 13.3. The van der Waals surface area contributed by atoms with Crippen LogP contribution in [0.3, 0.4) is 0 Å². The van der Waals surface area contributed by atoms with Crippen molar-refractivity contribution in [3.8, 4) is 84.6 Å². The average Bonchev–Trinajstić information content (AvgIpc) is 3.92. The Morgan fingerprint density at radius 1 is 0.508 bits per heavy atom. The summed E-state index contributed by atoms with van der Waals surface area (Å²) >= 11 is 0. The van der Waals surface area contributed by atoms with Crippen LogP contribution in [0.1, 0.15) is 24.2 Å². The summed E-state index contributed by atoms with van der Waals surface area (Å²) in [4.78, 5) is 21.1. The van der Waals surface area contributed by atoms with E-state index in [0.717, 1.165) is 90.3 Å². The van der Waals surface area contributed by atoms with E-state index in [1.165, 1.54) is 16.5 Å². The molecule has 298 valence electrons. The molecule has 4 heterocycles. The van der Waals surface area contributed by atoms with Crippen molar-refractivity contribution in [2.75, 3.05) is 0 Å². The molecule has 0 aliphatic heterocycles. The van der Waals surface area contributed by atoms with Crippen LogP contribution in [-0.2, 0) is 6.42 Å². The fraction of sp³-hybridized carbons (Fsp3) is 0.0526. The van der Waals surface area contributed by atoms with Crippen LogP contribution in [0.25, 0.3) is 106 Å². The molecule has 11 aromatic rings. The van der Waals surface area contributed by atoms with Crippen LogP contribution < -0.4 is 0 Å². The van der Waals surface area contributed by atoms with Gasteiger partial charge in [-0.25, -0.2) is 15.0 Å². The first kappa shape index (κ1) is 36.6. The van der Waals surface area contributed by atoms with Gasteiger partial charge >= 0.3 is 0 Å². The Kier molecular flexibility index (Phi) is 8.75. The molecule has 1 aliphatic carbocycles. The van der Waals surface area contributed by atoms with Gasteiger partial charge < -0.3 is 8.98 Å². The van der Waals surface area contributed by atoms with Gasteiger partial charge in [0.1, 0.15) is 11.3 Å². The summed E-state index contributed by atoms with van der Waals surface area (Å²) in [5.41, 5.74) is 15.3. The van der Waals surface area contributed by atoms with Crippen molar-refractivity contribution in [3.05, 3.63) is 212 Å². The van der Waals surface area contributed by atoms with Crippen molar-refractivity contribution in [1.82, 2.24) is 24.5 Å². The first-order valence-corrected chi connectivity index (χ1v) is 21.4. The fourth-order valence-electron chi connectivity index (χ4n) is 9.41. The number of furan rings is 1. The van der Waals surface area contributed by atoms with Gasteiger partial charge in [-0.15, -0.1) is 0 Å². The number of benzene rings is 7. The largest absolute Gasteiger partial charge is 0.460 e. The first-order valence-electron chi connectivity index (χ1n) is 21.4. The Morgan fingerprint density at radius 2 is 1.08 bits per heavy atom. The lowest BCUT2D eigenvalue weighted by molar-refractivity contribution is 0.502. The van der Waals surface area contributed by atoms with E-state index in [9.17, 15) is 0 Å². The lowest BCUT2D eigenvalue weighted by atomic mass is 9.84. The van der Waals surface area contributed by atoms with E-state index in [0.29, 0.717) is 17.5 Å². The van der Waals surface area contributed by atoms with Crippen molar-refractivity contribution in [1.29, 1.82) is 0 Å². The minimum atomic E-state index is 0.153. The maximum Gasteiger partial charge on any atom is 0.166 e. The minimum absolute atomic E-state index is 0.153. The van der Waals surface area contributed by atoms with E-state index < -0.39 is 0 Å². The van der Waals surface area contributed by atoms with E-state index in [-0.39, 0.29) is 5.92 Å². The molecule has 1 aliphatic rings. The fourth-order valence-corrected chi connectivity index (χ4v) is 9.41. The highest BCUT2D eigenvalue weighted by Gasteiger charge is 2.35. The molecule has 0 N–H and O–H groups in total. The zero-order valence-corrected chi connectivity index (χ0v) is 34.5. The van der Waals surface area contributed by atoms with Gasteiger partial charge in [-0.05, 0) is 65.1 Å². The topological polar surface area (TPSA) is 69.6 Å². The number of pyridine rings is 1. The number of aromatic nitrogens is 5. The highest BCUT2D eigenvalue weighted by atomic mass is 16.3. The monoisotopic (exact) mass is 809 g/mol. The van der Waals surface area contributed by atoms with Gasteiger partial charge in [-0.1, -0.05) is 165 Å². The van der Waals surface area contributed by atoms with E-state index in [4.69, 9.17) is 24.4 Å². The first-order chi connectivity index (χ1) is 31.2. The molecule has 1 atom stereocenters. The molecule has 0 radical (unpaired) electrons. The number of rotatable bonds is 7. The molecule has 6 heteroatoms. The van der Waals surface area contributed by atoms with Gasteiger partial charge in [0.15, 0.2) is 17.5 Å². The Balaban J connectivity index is 1.15. The molecular weight excluding hydrogens is 771 g/mol. The minimum Gasteiger partial charge on any atom is -0.460 e. The van der Waals surface area contributed by atoms with Crippen LogP contribution in [-0.4, -0.2) is 24.5 Å². The molecule has 12 rings (SSSR count). The van der Waals surface area contributed by atoms with Gasteiger partial charge in [0.05, 0.1) is 16.9 Å². The third-order valence-corrected chi connectivity index (χ3v) is 12.3. The third-order valence-electron chi connectivity index (χ3n) is 12.3. The van der Waals surface area contributed by atoms with Crippen LogP contribution in [0.2, 0.25) is 0 Å². The zero-order valence-electron chi connectivity index (χ0n) is 34.5. The standard InChI is InChI=1S/C57H39N5O/c1-36-32-46-44-28-14-15-30-48(44)62(43-26-12-5-13-27-43)53(46)51-50-45(29-17-31-49(50)63-54(36)51)52-47(34-42(35-58-52)41-25-16-24-40(33-41)37-18-6-2-7-19-37)57-60-55(38-20-8-3-9-21-38)59-56(61-57)39-22-10-4-11-23-39/h2-31,33-36H,32H2,1H3. The van der Waals surface area contributed by atoms with E-state index in [2.05, 4.69) is 139 Å². The zero-order chi connectivity index (χ0) is 41.9. The number of para-hydroxylation sites is 2. The SMILES string of the molecule is CC1Cc2c(n(-c3ccccc3)c3ccccc23)-c2c1oc1cccc(-c3ncc(-c4cccc(-c5ccccc5)c4)cc3-c3nc(-c4ccccc4)nc(-c4ccccc4)n3)c21. The molecule has 63 heavy (non-hydrogen) atoms. The number of fused-ring (bicyclic) bond motifs is 7. The second kappa shape index (κ2) is 15.0. The molecule has 1 unspecified atom stereocenters. The molecule has 0 spiro atoms.